The lowest BCUT2D eigenvalue weighted by atomic mass is 10.1. The van der Waals surface area contributed by atoms with Gasteiger partial charge in [0.2, 0.25) is 0 Å². The predicted octanol–water partition coefficient (Wildman–Crippen LogP) is 2.14. The van der Waals surface area contributed by atoms with Crippen molar-refractivity contribution in [1.82, 2.24) is 4.98 Å². The summed E-state index contributed by atoms with van der Waals surface area (Å²) in [5.41, 5.74) is 0.801. The molecule has 120 valence electrons. The number of non-ortho nitro benzene ring substituents is 1. The zero-order valence-corrected chi connectivity index (χ0v) is 12.9. The first-order valence-corrected chi connectivity index (χ1v) is 7.85. The van der Waals surface area contributed by atoms with Gasteiger partial charge in [-0.1, -0.05) is 0 Å². The number of thiazole rings is 1. The molecule has 0 spiro atoms. The molecule has 0 unspecified atom stereocenters. The number of amides is 1. The van der Waals surface area contributed by atoms with E-state index >= 15 is 0 Å². The number of nitrogens with zero attached hydrogens (tertiary/aromatic N) is 3. The molecule has 1 aromatic carbocycles. The van der Waals surface area contributed by atoms with Gasteiger partial charge in [-0.2, -0.15) is 0 Å². The average Bonchev–Trinajstić information content (AvgIpc) is 3.08. The van der Waals surface area contributed by atoms with Crippen LogP contribution in [-0.4, -0.2) is 42.1 Å². The summed E-state index contributed by atoms with van der Waals surface area (Å²) < 4.78 is 5.31. The fourth-order valence-corrected chi connectivity index (χ4v) is 2.87. The van der Waals surface area contributed by atoms with Gasteiger partial charge in [0.15, 0.2) is 5.13 Å². The molecular weight excluding hydrogens is 320 g/mol. The number of nitrogens with one attached hydrogen (secondary N) is 1. The van der Waals surface area contributed by atoms with E-state index in [9.17, 15) is 14.9 Å². The van der Waals surface area contributed by atoms with Crippen molar-refractivity contribution in [2.24, 2.45) is 0 Å². The summed E-state index contributed by atoms with van der Waals surface area (Å²) in [7, 11) is 0. The van der Waals surface area contributed by atoms with Crippen LogP contribution in [0.15, 0.2) is 29.8 Å². The van der Waals surface area contributed by atoms with Crippen molar-refractivity contribution in [2.45, 2.75) is 0 Å². The molecule has 1 aromatic heterocycles. The second-order valence-corrected chi connectivity index (χ2v) is 5.74. The van der Waals surface area contributed by atoms with E-state index in [1.807, 2.05) is 4.90 Å². The molecule has 23 heavy (non-hydrogen) atoms. The second-order valence-electron chi connectivity index (χ2n) is 4.85. The third-order valence-electron chi connectivity index (χ3n) is 3.44. The summed E-state index contributed by atoms with van der Waals surface area (Å²) in [6, 6.07) is 4.32. The Morgan fingerprint density at radius 1 is 1.39 bits per heavy atom. The number of nitro groups is 1. The van der Waals surface area contributed by atoms with E-state index in [-0.39, 0.29) is 11.3 Å². The summed E-state index contributed by atoms with van der Waals surface area (Å²) in [6.45, 7) is 2.39. The molecular formula is C14H14N4O4S. The number of hydrogen-bond donors (Lipinski definition) is 1. The topological polar surface area (TPSA) is 97.6 Å². The summed E-state index contributed by atoms with van der Waals surface area (Å²) >= 11 is 1.29. The van der Waals surface area contributed by atoms with Crippen LogP contribution in [-0.2, 0) is 4.74 Å². The molecule has 2 heterocycles. The van der Waals surface area contributed by atoms with Crippen LogP contribution in [0.1, 0.15) is 10.4 Å². The molecule has 1 aliphatic rings. The molecule has 1 saturated heterocycles. The Bertz CT molecular complexity index is 714. The van der Waals surface area contributed by atoms with E-state index in [0.717, 1.165) is 0 Å². The lowest BCUT2D eigenvalue weighted by molar-refractivity contribution is -0.384. The summed E-state index contributed by atoms with van der Waals surface area (Å²) in [5, 5.41) is 15.9. The third kappa shape index (κ3) is 3.46. The lowest BCUT2D eigenvalue weighted by Gasteiger charge is -2.30. The monoisotopic (exact) mass is 334 g/mol. The van der Waals surface area contributed by atoms with Gasteiger partial charge in [-0.25, -0.2) is 4.98 Å². The van der Waals surface area contributed by atoms with Crippen molar-refractivity contribution in [2.75, 3.05) is 36.5 Å². The van der Waals surface area contributed by atoms with Crippen molar-refractivity contribution in [1.29, 1.82) is 0 Å². The Morgan fingerprint density at radius 3 is 2.83 bits per heavy atom. The first-order valence-electron chi connectivity index (χ1n) is 6.97. The molecule has 1 fully saturated rings. The van der Waals surface area contributed by atoms with E-state index < -0.39 is 10.8 Å². The molecule has 3 rings (SSSR count). The molecule has 1 aliphatic heterocycles. The van der Waals surface area contributed by atoms with E-state index in [2.05, 4.69) is 10.3 Å². The molecule has 1 N–H and O–H groups in total. The highest BCUT2D eigenvalue weighted by atomic mass is 32.1. The van der Waals surface area contributed by atoms with Crippen molar-refractivity contribution in [3.63, 3.8) is 0 Å². The average molecular weight is 334 g/mol. The molecule has 0 aliphatic carbocycles. The maximum Gasteiger partial charge on any atom is 0.270 e. The highest BCUT2D eigenvalue weighted by Gasteiger charge is 2.22. The lowest BCUT2D eigenvalue weighted by Crippen LogP contribution is -2.37. The Balaban J connectivity index is 1.94. The first kappa shape index (κ1) is 15.4. The fourth-order valence-electron chi connectivity index (χ4n) is 2.35. The van der Waals surface area contributed by atoms with Crippen LogP contribution in [0.3, 0.4) is 0 Å². The number of carbonyl (C=O) groups is 1. The number of morpholine rings is 1. The number of rotatable bonds is 4. The standard InChI is InChI=1S/C14H14N4O4S/c19-13(16-14-15-3-8-23-14)11-9-10(18(20)21)1-2-12(11)17-4-6-22-7-5-17/h1-3,8-9H,4-7H2,(H,15,16,19). The SMILES string of the molecule is O=C(Nc1nccs1)c1cc([N+](=O)[O-])ccc1N1CCOCC1. The van der Waals surface area contributed by atoms with Crippen molar-refractivity contribution in [3.8, 4) is 0 Å². The van der Waals surface area contributed by atoms with Gasteiger partial charge in [0, 0.05) is 36.8 Å². The number of aromatic nitrogens is 1. The Hall–Kier alpha value is -2.52. The van der Waals surface area contributed by atoms with Gasteiger partial charge >= 0.3 is 0 Å². The summed E-state index contributed by atoms with van der Waals surface area (Å²) in [6.07, 6.45) is 1.58. The molecule has 0 radical (unpaired) electrons. The van der Waals surface area contributed by atoms with Gasteiger partial charge < -0.3 is 9.64 Å². The van der Waals surface area contributed by atoms with Gasteiger partial charge in [-0.3, -0.25) is 20.2 Å². The Labute approximate surface area is 135 Å². The smallest absolute Gasteiger partial charge is 0.270 e. The second kappa shape index (κ2) is 6.71. The highest BCUT2D eigenvalue weighted by molar-refractivity contribution is 7.13. The number of ether oxygens (including phenoxy) is 1. The van der Waals surface area contributed by atoms with Gasteiger partial charge in [0.1, 0.15) is 0 Å². The number of nitro benzene ring substituents is 1. The van der Waals surface area contributed by atoms with E-state index in [1.54, 1.807) is 17.6 Å². The van der Waals surface area contributed by atoms with Crippen molar-refractivity contribution < 1.29 is 14.5 Å². The van der Waals surface area contributed by atoms with Crippen LogP contribution in [0.5, 0.6) is 0 Å². The molecule has 0 saturated carbocycles. The van der Waals surface area contributed by atoms with Crippen LogP contribution < -0.4 is 10.2 Å². The van der Waals surface area contributed by atoms with Crippen LogP contribution in [0.25, 0.3) is 0 Å². The molecule has 9 heteroatoms. The van der Waals surface area contributed by atoms with E-state index in [4.69, 9.17) is 4.74 Å². The largest absolute Gasteiger partial charge is 0.378 e. The van der Waals surface area contributed by atoms with Crippen LogP contribution in [0.4, 0.5) is 16.5 Å². The molecule has 8 nitrogen and oxygen atoms in total. The first-order chi connectivity index (χ1) is 11.1. The minimum Gasteiger partial charge on any atom is -0.378 e. The minimum absolute atomic E-state index is 0.119. The normalized spacial score (nSPS) is 14.5. The van der Waals surface area contributed by atoms with Gasteiger partial charge in [0.25, 0.3) is 11.6 Å². The van der Waals surface area contributed by atoms with Crippen LogP contribution in [0.2, 0.25) is 0 Å². The Morgan fingerprint density at radius 2 is 2.17 bits per heavy atom. The fraction of sp³-hybridized carbons (Fsp3) is 0.286. The molecule has 1 amide bonds. The van der Waals surface area contributed by atoms with Crippen molar-refractivity contribution >= 4 is 33.8 Å². The third-order valence-corrected chi connectivity index (χ3v) is 4.13. The molecule has 0 atom stereocenters. The number of anilines is 2. The van der Waals surface area contributed by atoms with Crippen LogP contribution in [0, 0.1) is 10.1 Å². The molecule has 0 bridgehead atoms. The quantitative estimate of drug-likeness (QED) is 0.679. The maximum atomic E-state index is 12.5. The number of hydrogen-bond acceptors (Lipinski definition) is 7. The minimum atomic E-state index is -0.511. The zero-order valence-electron chi connectivity index (χ0n) is 12.1. The van der Waals surface area contributed by atoms with Crippen molar-refractivity contribution in [3.05, 3.63) is 45.5 Å². The zero-order chi connectivity index (χ0) is 16.2. The molecule has 2 aromatic rings. The van der Waals surface area contributed by atoms with Gasteiger partial charge in [-0.15, -0.1) is 11.3 Å². The summed E-state index contributed by atoms with van der Waals surface area (Å²) in [4.78, 5) is 29.0. The maximum absolute atomic E-state index is 12.5. The number of carbonyl (C=O) groups excluding carboxylic acids is 1. The van der Waals surface area contributed by atoms with Gasteiger partial charge in [0.05, 0.1) is 29.4 Å². The van der Waals surface area contributed by atoms with Crippen LogP contribution >= 0.6 is 11.3 Å². The van der Waals surface area contributed by atoms with E-state index in [0.29, 0.717) is 37.1 Å². The summed E-state index contributed by atoms with van der Waals surface area (Å²) in [5.74, 6) is -0.412. The predicted molar refractivity (Wildman–Crippen MR) is 86.2 cm³/mol. The Kier molecular flexibility index (Phi) is 4.49. The van der Waals surface area contributed by atoms with E-state index in [1.165, 1.54) is 23.5 Å². The highest BCUT2D eigenvalue weighted by Crippen LogP contribution is 2.27. The van der Waals surface area contributed by atoms with Gasteiger partial charge in [-0.05, 0) is 6.07 Å². The number of benzene rings is 1.